The molecule has 1 aromatic heterocycles. The predicted molar refractivity (Wildman–Crippen MR) is 69.3 cm³/mol. The van der Waals surface area contributed by atoms with Crippen LogP contribution in [0.15, 0.2) is 42.6 Å². The van der Waals surface area contributed by atoms with Crippen LogP contribution in [0.25, 0.3) is 0 Å². The Hall–Kier alpha value is -1.52. The van der Waals surface area contributed by atoms with Gasteiger partial charge >= 0.3 is 0 Å². The zero-order valence-electron chi connectivity index (χ0n) is 9.59. The van der Waals surface area contributed by atoms with Crippen molar-refractivity contribution in [1.82, 2.24) is 9.97 Å². The quantitative estimate of drug-likeness (QED) is 0.841. The van der Waals surface area contributed by atoms with E-state index < -0.39 is 0 Å². The lowest BCUT2D eigenvalue weighted by molar-refractivity contribution is 0.0850. The molecular formula is C13H14N2OS. The lowest BCUT2D eigenvalue weighted by Gasteiger charge is -2.16. The Morgan fingerprint density at radius 2 is 2.06 bits per heavy atom. The standard InChI is InChI=1S/C13H14N2OS/c1-2-16-12(10-6-4-3-5-7-10)13-14-9-8-11(17)15-13/h3-9,12H,2H2,1H3,(H,14,15,17). The summed E-state index contributed by atoms with van der Waals surface area (Å²) in [5, 5.41) is 0. The zero-order valence-corrected chi connectivity index (χ0v) is 10.4. The van der Waals surface area contributed by atoms with Gasteiger partial charge in [0, 0.05) is 12.8 Å². The number of hydrogen-bond donors (Lipinski definition) is 1. The van der Waals surface area contributed by atoms with Crippen molar-refractivity contribution < 1.29 is 4.74 Å². The average Bonchev–Trinajstić information content (AvgIpc) is 2.37. The van der Waals surface area contributed by atoms with E-state index in [1.165, 1.54) is 0 Å². The molecule has 1 unspecified atom stereocenters. The number of ether oxygens (including phenoxy) is 1. The highest BCUT2D eigenvalue weighted by Gasteiger charge is 2.15. The second kappa shape index (κ2) is 5.70. The third kappa shape index (κ3) is 2.99. The van der Waals surface area contributed by atoms with Crippen molar-refractivity contribution in [2.75, 3.05) is 6.61 Å². The van der Waals surface area contributed by atoms with Crippen molar-refractivity contribution in [3.05, 3.63) is 58.6 Å². The summed E-state index contributed by atoms with van der Waals surface area (Å²) in [6.07, 6.45) is 1.51. The number of nitrogens with zero attached hydrogens (tertiary/aromatic N) is 1. The van der Waals surface area contributed by atoms with Gasteiger partial charge in [0.25, 0.3) is 0 Å². The van der Waals surface area contributed by atoms with Gasteiger partial charge in [0.15, 0.2) is 0 Å². The molecule has 88 valence electrons. The summed E-state index contributed by atoms with van der Waals surface area (Å²) >= 11 is 5.10. The Labute approximate surface area is 105 Å². The maximum atomic E-state index is 5.73. The Balaban J connectivity index is 2.39. The van der Waals surface area contributed by atoms with Gasteiger partial charge in [-0.3, -0.25) is 0 Å². The molecule has 0 aliphatic rings. The zero-order chi connectivity index (χ0) is 12.1. The minimum atomic E-state index is -0.191. The van der Waals surface area contributed by atoms with E-state index in [1.54, 1.807) is 12.3 Å². The van der Waals surface area contributed by atoms with Crippen LogP contribution in [0.1, 0.15) is 24.4 Å². The third-order valence-electron chi connectivity index (χ3n) is 2.37. The first-order valence-electron chi connectivity index (χ1n) is 5.53. The molecule has 0 saturated carbocycles. The highest BCUT2D eigenvalue weighted by Crippen LogP contribution is 2.22. The molecule has 0 radical (unpaired) electrons. The second-order valence-corrected chi connectivity index (χ2v) is 4.01. The molecule has 0 aliphatic heterocycles. The normalized spacial score (nSPS) is 12.3. The Bertz CT molecular complexity index is 524. The topological polar surface area (TPSA) is 37.9 Å². The van der Waals surface area contributed by atoms with Gasteiger partial charge < -0.3 is 9.72 Å². The molecule has 0 spiro atoms. The molecule has 0 bridgehead atoms. The van der Waals surface area contributed by atoms with Gasteiger partial charge in [-0.05, 0) is 18.6 Å². The van der Waals surface area contributed by atoms with E-state index in [-0.39, 0.29) is 6.10 Å². The lowest BCUT2D eigenvalue weighted by Crippen LogP contribution is -2.10. The molecule has 1 aromatic carbocycles. The first-order chi connectivity index (χ1) is 8.31. The van der Waals surface area contributed by atoms with E-state index in [1.807, 2.05) is 37.3 Å². The Morgan fingerprint density at radius 3 is 2.71 bits per heavy atom. The summed E-state index contributed by atoms with van der Waals surface area (Å²) in [4.78, 5) is 7.36. The third-order valence-corrected chi connectivity index (χ3v) is 2.61. The number of aromatic nitrogens is 2. The van der Waals surface area contributed by atoms with Crippen molar-refractivity contribution in [3.63, 3.8) is 0 Å². The van der Waals surface area contributed by atoms with Crippen molar-refractivity contribution >= 4 is 12.2 Å². The molecule has 3 nitrogen and oxygen atoms in total. The van der Waals surface area contributed by atoms with E-state index in [0.717, 1.165) is 11.4 Å². The van der Waals surface area contributed by atoms with Gasteiger partial charge in [-0.2, -0.15) is 0 Å². The summed E-state index contributed by atoms with van der Waals surface area (Å²) in [5.41, 5.74) is 1.07. The molecule has 1 atom stereocenters. The van der Waals surface area contributed by atoms with Gasteiger partial charge in [0.2, 0.25) is 0 Å². The van der Waals surface area contributed by atoms with Crippen LogP contribution in [0.5, 0.6) is 0 Å². The van der Waals surface area contributed by atoms with E-state index in [4.69, 9.17) is 17.0 Å². The van der Waals surface area contributed by atoms with Crippen LogP contribution >= 0.6 is 12.2 Å². The molecule has 17 heavy (non-hydrogen) atoms. The fourth-order valence-electron chi connectivity index (χ4n) is 1.65. The van der Waals surface area contributed by atoms with E-state index >= 15 is 0 Å². The van der Waals surface area contributed by atoms with Crippen molar-refractivity contribution in [2.45, 2.75) is 13.0 Å². The van der Waals surface area contributed by atoms with Gasteiger partial charge in [-0.15, -0.1) is 0 Å². The number of H-pyrrole nitrogens is 1. The van der Waals surface area contributed by atoms with Crippen LogP contribution in [0.3, 0.4) is 0 Å². The van der Waals surface area contributed by atoms with Crippen LogP contribution in [0.4, 0.5) is 0 Å². The molecule has 0 saturated heterocycles. The van der Waals surface area contributed by atoms with Crippen molar-refractivity contribution in [3.8, 4) is 0 Å². The number of benzene rings is 1. The highest BCUT2D eigenvalue weighted by molar-refractivity contribution is 7.71. The fraction of sp³-hybridized carbons (Fsp3) is 0.231. The Morgan fingerprint density at radius 1 is 1.29 bits per heavy atom. The smallest absolute Gasteiger partial charge is 0.140 e. The largest absolute Gasteiger partial charge is 0.366 e. The summed E-state index contributed by atoms with van der Waals surface area (Å²) < 4.78 is 6.39. The monoisotopic (exact) mass is 246 g/mol. The highest BCUT2D eigenvalue weighted by atomic mass is 32.1. The van der Waals surface area contributed by atoms with Gasteiger partial charge in [0.05, 0.1) is 0 Å². The van der Waals surface area contributed by atoms with E-state index in [2.05, 4.69) is 9.97 Å². The minimum Gasteiger partial charge on any atom is -0.366 e. The summed E-state index contributed by atoms with van der Waals surface area (Å²) in [6, 6.07) is 11.7. The second-order valence-electron chi connectivity index (χ2n) is 3.57. The summed E-state index contributed by atoms with van der Waals surface area (Å²) in [6.45, 7) is 2.59. The summed E-state index contributed by atoms with van der Waals surface area (Å²) in [5.74, 6) is 0.741. The Kier molecular flexibility index (Phi) is 4.01. The van der Waals surface area contributed by atoms with Crippen LogP contribution < -0.4 is 0 Å². The maximum absolute atomic E-state index is 5.73. The fourth-order valence-corrected chi connectivity index (χ4v) is 1.81. The van der Waals surface area contributed by atoms with Crippen LogP contribution in [-0.2, 0) is 4.74 Å². The SMILES string of the molecule is CCOC(c1ccccc1)c1nccc(=S)[nH]1. The molecule has 0 amide bonds. The van der Waals surface area contributed by atoms with Gasteiger partial charge in [-0.1, -0.05) is 42.5 Å². The van der Waals surface area contributed by atoms with Crippen LogP contribution in [0, 0.1) is 4.64 Å². The van der Waals surface area contributed by atoms with Crippen molar-refractivity contribution in [2.24, 2.45) is 0 Å². The molecule has 0 aliphatic carbocycles. The average molecular weight is 246 g/mol. The van der Waals surface area contributed by atoms with Crippen molar-refractivity contribution in [1.29, 1.82) is 0 Å². The van der Waals surface area contributed by atoms with Crippen LogP contribution in [0.2, 0.25) is 0 Å². The van der Waals surface area contributed by atoms with E-state index in [9.17, 15) is 0 Å². The molecule has 2 aromatic rings. The number of aromatic amines is 1. The van der Waals surface area contributed by atoms with Crippen LogP contribution in [-0.4, -0.2) is 16.6 Å². The number of hydrogen-bond acceptors (Lipinski definition) is 3. The maximum Gasteiger partial charge on any atom is 0.140 e. The molecule has 1 heterocycles. The predicted octanol–water partition coefficient (Wildman–Crippen LogP) is 3.27. The number of nitrogens with one attached hydrogen (secondary N) is 1. The van der Waals surface area contributed by atoms with Gasteiger partial charge in [-0.25, -0.2) is 4.98 Å². The lowest BCUT2D eigenvalue weighted by atomic mass is 10.1. The molecule has 0 fully saturated rings. The molecule has 1 N–H and O–H groups in total. The molecular weight excluding hydrogens is 232 g/mol. The van der Waals surface area contributed by atoms with Gasteiger partial charge in [0.1, 0.15) is 16.6 Å². The number of rotatable bonds is 4. The van der Waals surface area contributed by atoms with E-state index in [0.29, 0.717) is 11.2 Å². The molecule has 2 rings (SSSR count). The first kappa shape index (κ1) is 12.0. The minimum absolute atomic E-state index is 0.191. The first-order valence-corrected chi connectivity index (χ1v) is 5.94. The summed E-state index contributed by atoms with van der Waals surface area (Å²) in [7, 11) is 0. The molecule has 4 heteroatoms.